The Balaban J connectivity index is 2.42. The number of fused-ring (bicyclic) bond motifs is 1. The zero-order valence-electron chi connectivity index (χ0n) is 13.0. The molecule has 0 bridgehead atoms. The van der Waals surface area contributed by atoms with E-state index in [9.17, 15) is 4.79 Å². The number of aromatic nitrogens is 2. The van der Waals surface area contributed by atoms with Gasteiger partial charge in [-0.3, -0.25) is 4.79 Å². The van der Waals surface area contributed by atoms with Crippen molar-refractivity contribution in [1.29, 1.82) is 0 Å². The van der Waals surface area contributed by atoms with Gasteiger partial charge in [-0.05, 0) is 32.0 Å². The number of imidazole rings is 1. The number of amides is 1. The number of nitrogens with one attached hydrogen (secondary N) is 1. The Hall–Kier alpha value is -1.88. The number of carbonyl (C=O) groups is 1. The normalized spacial score (nSPS) is 14.2. The third kappa shape index (κ3) is 3.08. The Morgan fingerprint density at radius 1 is 1.38 bits per heavy atom. The molecule has 1 heterocycles. The molecule has 114 valence electrons. The van der Waals surface area contributed by atoms with E-state index in [1.54, 1.807) is 0 Å². The van der Waals surface area contributed by atoms with E-state index in [0.29, 0.717) is 6.54 Å². The van der Waals surface area contributed by atoms with Gasteiger partial charge in [0, 0.05) is 6.42 Å². The summed E-state index contributed by atoms with van der Waals surface area (Å²) in [6.45, 7) is 7.25. The molecule has 0 saturated carbocycles. The molecule has 1 amide bonds. The molecular formula is C16H24N4O. The Labute approximate surface area is 125 Å². The molecule has 0 spiro atoms. The number of carbonyl (C=O) groups excluding carboxylic acids is 1. The van der Waals surface area contributed by atoms with E-state index in [2.05, 4.69) is 28.7 Å². The van der Waals surface area contributed by atoms with E-state index in [-0.39, 0.29) is 5.91 Å². The second-order valence-electron chi connectivity index (χ2n) is 5.58. The van der Waals surface area contributed by atoms with Gasteiger partial charge in [-0.1, -0.05) is 26.0 Å². The lowest BCUT2D eigenvalue weighted by Gasteiger charge is -2.29. The Bertz CT molecular complexity index is 634. The molecule has 2 rings (SSSR count). The van der Waals surface area contributed by atoms with Gasteiger partial charge >= 0.3 is 0 Å². The third-order valence-corrected chi connectivity index (χ3v) is 3.83. The van der Waals surface area contributed by atoms with Crippen molar-refractivity contribution in [2.45, 2.75) is 45.7 Å². The summed E-state index contributed by atoms with van der Waals surface area (Å²) >= 11 is 0. The minimum atomic E-state index is -0.774. The standard InChI is InChI=1S/C16H24N4O/c1-4-10-18-16(3,15(17)21)11-20-13-9-7-6-8-12(13)19-14(20)5-2/h6-9,18H,4-5,10-11H2,1-3H3,(H2,17,21). The van der Waals surface area contributed by atoms with Crippen molar-refractivity contribution in [2.75, 3.05) is 6.54 Å². The molecule has 0 aliphatic heterocycles. The molecule has 1 aromatic heterocycles. The van der Waals surface area contributed by atoms with Gasteiger partial charge in [0.25, 0.3) is 0 Å². The lowest BCUT2D eigenvalue weighted by molar-refractivity contribution is -0.124. The molecule has 0 fully saturated rings. The monoisotopic (exact) mass is 288 g/mol. The third-order valence-electron chi connectivity index (χ3n) is 3.83. The van der Waals surface area contributed by atoms with Crippen LogP contribution in [-0.4, -0.2) is 27.5 Å². The van der Waals surface area contributed by atoms with Crippen molar-refractivity contribution >= 4 is 16.9 Å². The summed E-state index contributed by atoms with van der Waals surface area (Å²) in [5, 5.41) is 3.28. The van der Waals surface area contributed by atoms with Crippen LogP contribution in [0.15, 0.2) is 24.3 Å². The molecule has 2 aromatic rings. The second kappa shape index (κ2) is 6.26. The van der Waals surface area contributed by atoms with Crippen LogP contribution in [0.4, 0.5) is 0 Å². The molecule has 0 saturated heterocycles. The molecule has 0 aliphatic carbocycles. The first-order chi connectivity index (χ1) is 10.0. The van der Waals surface area contributed by atoms with E-state index in [1.165, 1.54) is 0 Å². The van der Waals surface area contributed by atoms with Gasteiger partial charge in [0.05, 0.1) is 17.6 Å². The number of rotatable bonds is 7. The zero-order valence-corrected chi connectivity index (χ0v) is 13.0. The maximum atomic E-state index is 11.9. The molecule has 0 aliphatic rings. The minimum Gasteiger partial charge on any atom is -0.368 e. The smallest absolute Gasteiger partial charge is 0.239 e. The summed E-state index contributed by atoms with van der Waals surface area (Å²) in [7, 11) is 0. The van der Waals surface area contributed by atoms with E-state index in [4.69, 9.17) is 5.73 Å². The Morgan fingerprint density at radius 3 is 2.71 bits per heavy atom. The Morgan fingerprint density at radius 2 is 2.10 bits per heavy atom. The molecule has 3 N–H and O–H groups in total. The second-order valence-corrected chi connectivity index (χ2v) is 5.58. The van der Waals surface area contributed by atoms with Gasteiger partial charge in [-0.2, -0.15) is 0 Å². The van der Waals surface area contributed by atoms with Crippen molar-refractivity contribution in [3.8, 4) is 0 Å². The predicted molar refractivity (Wildman–Crippen MR) is 85.0 cm³/mol. The van der Waals surface area contributed by atoms with Gasteiger partial charge < -0.3 is 15.6 Å². The Kier molecular flexibility index (Phi) is 4.63. The first-order valence-corrected chi connectivity index (χ1v) is 7.51. The topological polar surface area (TPSA) is 72.9 Å². The number of aryl methyl sites for hydroxylation is 1. The molecule has 1 atom stereocenters. The molecule has 0 radical (unpaired) electrons. The maximum Gasteiger partial charge on any atom is 0.239 e. The quantitative estimate of drug-likeness (QED) is 0.816. The molecule has 21 heavy (non-hydrogen) atoms. The number of hydrogen-bond donors (Lipinski definition) is 2. The van der Waals surface area contributed by atoms with Crippen LogP contribution in [-0.2, 0) is 17.8 Å². The van der Waals surface area contributed by atoms with Gasteiger partial charge in [0.2, 0.25) is 5.91 Å². The van der Waals surface area contributed by atoms with Crippen LogP contribution >= 0.6 is 0 Å². The van der Waals surface area contributed by atoms with Gasteiger partial charge in [0.15, 0.2) is 0 Å². The first kappa shape index (κ1) is 15.5. The van der Waals surface area contributed by atoms with Gasteiger partial charge in [-0.25, -0.2) is 4.98 Å². The van der Waals surface area contributed by atoms with E-state index >= 15 is 0 Å². The fraction of sp³-hybridized carbons (Fsp3) is 0.500. The molecule has 1 aromatic carbocycles. The fourth-order valence-electron chi connectivity index (χ4n) is 2.51. The number of hydrogen-bond acceptors (Lipinski definition) is 3. The van der Waals surface area contributed by atoms with Gasteiger partial charge in [-0.15, -0.1) is 0 Å². The highest BCUT2D eigenvalue weighted by atomic mass is 16.1. The van der Waals surface area contributed by atoms with Crippen LogP contribution in [0.2, 0.25) is 0 Å². The first-order valence-electron chi connectivity index (χ1n) is 7.51. The number of primary amides is 1. The summed E-state index contributed by atoms with van der Waals surface area (Å²) in [6, 6.07) is 7.98. The van der Waals surface area contributed by atoms with Crippen LogP contribution in [0.25, 0.3) is 11.0 Å². The van der Waals surface area contributed by atoms with Gasteiger partial charge in [0.1, 0.15) is 11.4 Å². The maximum absolute atomic E-state index is 11.9. The summed E-state index contributed by atoms with van der Waals surface area (Å²) < 4.78 is 2.10. The van der Waals surface area contributed by atoms with Crippen molar-refractivity contribution < 1.29 is 4.79 Å². The van der Waals surface area contributed by atoms with E-state index in [1.807, 2.05) is 31.2 Å². The highest BCUT2D eigenvalue weighted by molar-refractivity contribution is 5.84. The van der Waals surface area contributed by atoms with E-state index in [0.717, 1.165) is 36.2 Å². The highest BCUT2D eigenvalue weighted by Crippen LogP contribution is 2.19. The number of nitrogens with two attached hydrogens (primary N) is 1. The number of para-hydroxylation sites is 2. The molecule has 1 unspecified atom stereocenters. The predicted octanol–water partition coefficient (Wildman–Crippen LogP) is 1.84. The fourth-order valence-corrected chi connectivity index (χ4v) is 2.51. The zero-order chi connectivity index (χ0) is 15.5. The van der Waals surface area contributed by atoms with Crippen LogP contribution in [0, 0.1) is 0 Å². The minimum absolute atomic E-state index is 0.337. The molecule has 5 nitrogen and oxygen atoms in total. The average Bonchev–Trinajstić information content (AvgIpc) is 2.83. The summed E-state index contributed by atoms with van der Waals surface area (Å²) in [6.07, 6.45) is 1.77. The largest absolute Gasteiger partial charge is 0.368 e. The van der Waals surface area contributed by atoms with Crippen molar-refractivity contribution in [3.63, 3.8) is 0 Å². The highest BCUT2D eigenvalue weighted by Gasteiger charge is 2.32. The van der Waals surface area contributed by atoms with Crippen LogP contribution in [0.5, 0.6) is 0 Å². The molecular weight excluding hydrogens is 264 g/mol. The van der Waals surface area contributed by atoms with Crippen molar-refractivity contribution in [3.05, 3.63) is 30.1 Å². The summed E-state index contributed by atoms with van der Waals surface area (Å²) in [5.41, 5.74) is 6.85. The molecule has 5 heteroatoms. The van der Waals surface area contributed by atoms with Crippen LogP contribution in [0.3, 0.4) is 0 Å². The SMILES string of the molecule is CCCNC(C)(Cn1c(CC)nc2ccccc21)C(N)=O. The lowest BCUT2D eigenvalue weighted by Crippen LogP contribution is -2.56. The van der Waals surface area contributed by atoms with E-state index < -0.39 is 5.54 Å². The van der Waals surface area contributed by atoms with Crippen molar-refractivity contribution in [1.82, 2.24) is 14.9 Å². The average molecular weight is 288 g/mol. The van der Waals surface area contributed by atoms with Crippen molar-refractivity contribution in [2.24, 2.45) is 5.73 Å². The number of nitrogens with zero attached hydrogens (tertiary/aromatic N) is 2. The van der Waals surface area contributed by atoms with Crippen LogP contribution < -0.4 is 11.1 Å². The lowest BCUT2D eigenvalue weighted by atomic mass is 10.0. The van der Waals surface area contributed by atoms with Crippen LogP contribution in [0.1, 0.15) is 33.0 Å². The number of benzene rings is 1. The summed E-state index contributed by atoms with van der Waals surface area (Å²) in [4.78, 5) is 16.6. The summed E-state index contributed by atoms with van der Waals surface area (Å²) in [5.74, 6) is 0.637.